The molecule has 0 saturated heterocycles. The molecule has 5 nitrogen and oxygen atoms in total. The molecule has 0 saturated carbocycles. The minimum absolute atomic E-state index is 0.257. The van der Waals surface area contributed by atoms with E-state index in [0.717, 1.165) is 23.0 Å². The average molecular weight is 302 g/mol. The molecule has 6 heteroatoms. The number of aryl methyl sites for hydroxylation is 2. The van der Waals surface area contributed by atoms with Gasteiger partial charge in [0.25, 0.3) is 0 Å². The van der Waals surface area contributed by atoms with Crippen LogP contribution in [-0.2, 0) is 13.6 Å². The van der Waals surface area contributed by atoms with Gasteiger partial charge in [0.2, 0.25) is 0 Å². The first-order valence-electron chi connectivity index (χ1n) is 6.85. The van der Waals surface area contributed by atoms with Gasteiger partial charge in [-0.3, -0.25) is 4.68 Å². The molecular weight excluding hydrogens is 284 g/mol. The summed E-state index contributed by atoms with van der Waals surface area (Å²) in [5, 5.41) is 8.81. The maximum atomic E-state index is 5.36. The van der Waals surface area contributed by atoms with Crippen LogP contribution in [0.4, 0.5) is 0 Å². The topological polar surface area (TPSA) is 55.9 Å². The summed E-state index contributed by atoms with van der Waals surface area (Å²) < 4.78 is 7.21. The average Bonchev–Trinajstić information content (AvgIpc) is 3.15. The van der Waals surface area contributed by atoms with Gasteiger partial charge in [-0.2, -0.15) is 5.10 Å². The lowest BCUT2D eigenvalue weighted by atomic mass is 10.1. The summed E-state index contributed by atoms with van der Waals surface area (Å²) in [6.45, 7) is 4.97. The Labute approximate surface area is 127 Å². The van der Waals surface area contributed by atoms with Crippen molar-refractivity contribution in [3.63, 3.8) is 0 Å². The van der Waals surface area contributed by atoms with E-state index in [-0.39, 0.29) is 6.04 Å². The third kappa shape index (κ3) is 3.06. The molecule has 3 aromatic heterocycles. The molecule has 0 radical (unpaired) electrons. The maximum Gasteiger partial charge on any atom is 0.162 e. The standard InChI is InChI=1S/C15H18N4OS/c1-10(13-9-19(3)18-11(13)2)16-7-12-8-17-15(21-12)14-5-4-6-20-14/h4-6,8-10,16H,7H2,1-3H3. The Bertz CT molecular complexity index is 714. The van der Waals surface area contributed by atoms with Crippen LogP contribution in [0.5, 0.6) is 0 Å². The van der Waals surface area contributed by atoms with Crippen LogP contribution in [0.25, 0.3) is 10.8 Å². The molecule has 1 atom stereocenters. The molecule has 0 aliphatic rings. The molecule has 3 rings (SSSR count). The summed E-state index contributed by atoms with van der Waals surface area (Å²) in [6.07, 6.45) is 5.63. The minimum atomic E-state index is 0.257. The lowest BCUT2D eigenvalue weighted by molar-refractivity contribution is 0.575. The van der Waals surface area contributed by atoms with E-state index in [9.17, 15) is 0 Å². The van der Waals surface area contributed by atoms with Crippen molar-refractivity contribution in [2.24, 2.45) is 7.05 Å². The first-order chi connectivity index (χ1) is 10.1. The van der Waals surface area contributed by atoms with Crippen molar-refractivity contribution in [3.8, 4) is 10.8 Å². The molecule has 3 aromatic rings. The van der Waals surface area contributed by atoms with Crippen LogP contribution >= 0.6 is 11.3 Å². The first kappa shape index (κ1) is 14.0. The second kappa shape index (κ2) is 5.83. The van der Waals surface area contributed by atoms with E-state index < -0.39 is 0 Å². The van der Waals surface area contributed by atoms with E-state index in [1.165, 1.54) is 10.4 Å². The zero-order chi connectivity index (χ0) is 14.8. The fourth-order valence-corrected chi connectivity index (χ4v) is 3.14. The molecule has 110 valence electrons. The van der Waals surface area contributed by atoms with E-state index in [2.05, 4.69) is 28.5 Å². The highest BCUT2D eigenvalue weighted by atomic mass is 32.1. The molecule has 0 aromatic carbocycles. The number of thiazole rings is 1. The number of nitrogens with one attached hydrogen (secondary N) is 1. The van der Waals surface area contributed by atoms with Gasteiger partial charge in [0.05, 0.1) is 12.0 Å². The molecule has 0 bridgehead atoms. The predicted molar refractivity (Wildman–Crippen MR) is 83.0 cm³/mol. The van der Waals surface area contributed by atoms with E-state index in [1.807, 2.05) is 37.0 Å². The maximum absolute atomic E-state index is 5.36. The van der Waals surface area contributed by atoms with Crippen molar-refractivity contribution >= 4 is 11.3 Å². The Balaban J connectivity index is 1.64. The van der Waals surface area contributed by atoms with Gasteiger partial charge in [-0.05, 0) is 26.0 Å². The van der Waals surface area contributed by atoms with Gasteiger partial charge >= 0.3 is 0 Å². The van der Waals surface area contributed by atoms with Gasteiger partial charge in [-0.15, -0.1) is 11.3 Å². The van der Waals surface area contributed by atoms with Gasteiger partial charge in [-0.1, -0.05) is 0 Å². The second-order valence-electron chi connectivity index (χ2n) is 5.06. The van der Waals surface area contributed by atoms with Crippen LogP contribution < -0.4 is 5.32 Å². The lowest BCUT2D eigenvalue weighted by Crippen LogP contribution is -2.17. The highest BCUT2D eigenvalue weighted by molar-refractivity contribution is 7.14. The summed E-state index contributed by atoms with van der Waals surface area (Å²) in [5.41, 5.74) is 2.30. The van der Waals surface area contributed by atoms with Crippen molar-refractivity contribution in [3.05, 3.63) is 46.9 Å². The Morgan fingerprint density at radius 2 is 2.33 bits per heavy atom. The molecule has 0 aliphatic heterocycles. The third-order valence-electron chi connectivity index (χ3n) is 3.39. The van der Waals surface area contributed by atoms with Crippen LogP contribution in [0.15, 0.2) is 35.2 Å². The fraction of sp³-hybridized carbons (Fsp3) is 0.333. The Kier molecular flexibility index (Phi) is 3.90. The molecule has 1 unspecified atom stereocenters. The van der Waals surface area contributed by atoms with Crippen molar-refractivity contribution in [2.45, 2.75) is 26.4 Å². The first-order valence-corrected chi connectivity index (χ1v) is 7.67. The summed E-state index contributed by atoms with van der Waals surface area (Å²) in [4.78, 5) is 5.59. The normalized spacial score (nSPS) is 12.7. The zero-order valence-corrected chi connectivity index (χ0v) is 13.1. The number of hydrogen-bond acceptors (Lipinski definition) is 5. The van der Waals surface area contributed by atoms with Gasteiger partial charge in [0.15, 0.2) is 10.8 Å². The molecule has 3 heterocycles. The van der Waals surface area contributed by atoms with Crippen molar-refractivity contribution in [1.82, 2.24) is 20.1 Å². The van der Waals surface area contributed by atoms with Gasteiger partial charge < -0.3 is 9.73 Å². The van der Waals surface area contributed by atoms with Crippen LogP contribution in [-0.4, -0.2) is 14.8 Å². The monoisotopic (exact) mass is 302 g/mol. The Morgan fingerprint density at radius 1 is 1.48 bits per heavy atom. The number of nitrogens with zero attached hydrogens (tertiary/aromatic N) is 3. The molecule has 0 fully saturated rings. The number of furan rings is 1. The third-order valence-corrected chi connectivity index (χ3v) is 4.40. The molecule has 1 N–H and O–H groups in total. The smallest absolute Gasteiger partial charge is 0.162 e. The van der Waals surface area contributed by atoms with Gasteiger partial charge in [-0.25, -0.2) is 4.98 Å². The van der Waals surface area contributed by atoms with Crippen LogP contribution in [0.1, 0.15) is 29.1 Å². The minimum Gasteiger partial charge on any atom is -0.462 e. The van der Waals surface area contributed by atoms with Gasteiger partial charge in [0, 0.05) is 42.5 Å². The van der Waals surface area contributed by atoms with Crippen LogP contribution in [0.2, 0.25) is 0 Å². The van der Waals surface area contributed by atoms with Crippen molar-refractivity contribution in [1.29, 1.82) is 0 Å². The van der Waals surface area contributed by atoms with E-state index >= 15 is 0 Å². The van der Waals surface area contributed by atoms with Crippen LogP contribution in [0.3, 0.4) is 0 Å². The van der Waals surface area contributed by atoms with Crippen LogP contribution in [0, 0.1) is 6.92 Å². The summed E-state index contributed by atoms with van der Waals surface area (Å²) >= 11 is 1.65. The number of rotatable bonds is 5. The highest BCUT2D eigenvalue weighted by Crippen LogP contribution is 2.26. The predicted octanol–water partition coefficient (Wildman–Crippen LogP) is 3.30. The number of hydrogen-bond donors (Lipinski definition) is 1. The summed E-state index contributed by atoms with van der Waals surface area (Å²) in [6, 6.07) is 4.06. The Morgan fingerprint density at radius 3 is 3.00 bits per heavy atom. The quantitative estimate of drug-likeness (QED) is 0.785. The highest BCUT2D eigenvalue weighted by Gasteiger charge is 2.12. The van der Waals surface area contributed by atoms with Gasteiger partial charge in [0.1, 0.15) is 0 Å². The fourth-order valence-electron chi connectivity index (χ4n) is 2.31. The molecule has 0 spiro atoms. The number of aromatic nitrogens is 3. The van der Waals surface area contributed by atoms with E-state index in [1.54, 1.807) is 17.6 Å². The SMILES string of the molecule is Cc1nn(C)cc1C(C)NCc1cnc(-c2ccco2)s1. The van der Waals surface area contributed by atoms with E-state index in [4.69, 9.17) is 4.42 Å². The van der Waals surface area contributed by atoms with Crippen molar-refractivity contribution in [2.75, 3.05) is 0 Å². The molecule has 21 heavy (non-hydrogen) atoms. The largest absolute Gasteiger partial charge is 0.462 e. The second-order valence-corrected chi connectivity index (χ2v) is 6.17. The lowest BCUT2D eigenvalue weighted by Gasteiger charge is -2.11. The summed E-state index contributed by atoms with van der Waals surface area (Å²) in [5.74, 6) is 0.822. The molecule has 0 aliphatic carbocycles. The van der Waals surface area contributed by atoms with E-state index in [0.29, 0.717) is 0 Å². The zero-order valence-electron chi connectivity index (χ0n) is 12.3. The Hall–Kier alpha value is -1.92. The van der Waals surface area contributed by atoms with Crippen molar-refractivity contribution < 1.29 is 4.42 Å². The molecule has 0 amide bonds. The molecular formula is C15H18N4OS. The summed E-state index contributed by atoms with van der Waals surface area (Å²) in [7, 11) is 1.95.